The van der Waals surface area contributed by atoms with E-state index in [-0.39, 0.29) is 0 Å². The summed E-state index contributed by atoms with van der Waals surface area (Å²) in [5.74, 6) is 0. The summed E-state index contributed by atoms with van der Waals surface area (Å²) in [7, 11) is 0. The van der Waals surface area contributed by atoms with Gasteiger partial charge in [0, 0.05) is 13.1 Å². The summed E-state index contributed by atoms with van der Waals surface area (Å²) in [6, 6.07) is 0. The van der Waals surface area contributed by atoms with E-state index >= 15 is 0 Å². The summed E-state index contributed by atoms with van der Waals surface area (Å²) in [5.41, 5.74) is 0. The molecule has 0 unspecified atom stereocenters. The van der Waals surface area contributed by atoms with E-state index in [4.69, 9.17) is 0 Å². The fourth-order valence-corrected chi connectivity index (χ4v) is 0.850. The molecule has 0 aromatic carbocycles. The van der Waals surface area contributed by atoms with Crippen molar-refractivity contribution in [3.05, 3.63) is 37.5 Å². The SMILES string of the molecule is C=CCCC/C=C/CNCC=C. The first-order valence-electron chi connectivity index (χ1n) is 4.49. The van der Waals surface area contributed by atoms with Gasteiger partial charge in [0.1, 0.15) is 0 Å². The molecule has 0 spiro atoms. The van der Waals surface area contributed by atoms with Crippen LogP contribution in [0.2, 0.25) is 0 Å². The van der Waals surface area contributed by atoms with Gasteiger partial charge < -0.3 is 5.32 Å². The normalized spacial score (nSPS) is 10.3. The van der Waals surface area contributed by atoms with Crippen molar-refractivity contribution >= 4 is 0 Å². The van der Waals surface area contributed by atoms with E-state index in [0.29, 0.717) is 0 Å². The van der Waals surface area contributed by atoms with Crippen molar-refractivity contribution in [2.24, 2.45) is 0 Å². The minimum absolute atomic E-state index is 0.886. The van der Waals surface area contributed by atoms with Gasteiger partial charge in [-0.05, 0) is 19.3 Å². The number of allylic oxidation sites excluding steroid dienone is 2. The molecule has 0 fully saturated rings. The molecule has 0 bridgehead atoms. The summed E-state index contributed by atoms with van der Waals surface area (Å²) >= 11 is 0. The van der Waals surface area contributed by atoms with E-state index in [1.165, 1.54) is 6.42 Å². The van der Waals surface area contributed by atoms with Gasteiger partial charge in [0.2, 0.25) is 0 Å². The maximum Gasteiger partial charge on any atom is 0.0137 e. The van der Waals surface area contributed by atoms with Crippen LogP contribution >= 0.6 is 0 Å². The molecule has 0 heterocycles. The van der Waals surface area contributed by atoms with Gasteiger partial charge in [-0.15, -0.1) is 13.2 Å². The van der Waals surface area contributed by atoms with Crippen LogP contribution in [0.25, 0.3) is 0 Å². The molecular formula is C11H19N. The molecule has 0 saturated heterocycles. The van der Waals surface area contributed by atoms with Crippen LogP contribution in [0.4, 0.5) is 0 Å². The van der Waals surface area contributed by atoms with Crippen LogP contribution in [-0.4, -0.2) is 13.1 Å². The van der Waals surface area contributed by atoms with Gasteiger partial charge in [0.15, 0.2) is 0 Å². The fourth-order valence-electron chi connectivity index (χ4n) is 0.850. The second-order valence-electron chi connectivity index (χ2n) is 2.64. The summed E-state index contributed by atoms with van der Waals surface area (Å²) in [4.78, 5) is 0. The van der Waals surface area contributed by atoms with Gasteiger partial charge >= 0.3 is 0 Å². The quantitative estimate of drug-likeness (QED) is 0.430. The molecule has 1 nitrogen and oxygen atoms in total. The summed E-state index contributed by atoms with van der Waals surface area (Å²) in [6.45, 7) is 9.12. The molecule has 1 N–H and O–H groups in total. The predicted octanol–water partition coefficient (Wildman–Crippen LogP) is 2.67. The van der Waals surface area contributed by atoms with Gasteiger partial charge in [-0.1, -0.05) is 24.3 Å². The Balaban J connectivity index is 3.02. The topological polar surface area (TPSA) is 12.0 Å². The van der Waals surface area contributed by atoms with E-state index in [2.05, 4.69) is 30.6 Å². The Morgan fingerprint density at radius 2 is 1.75 bits per heavy atom. The van der Waals surface area contributed by atoms with E-state index in [0.717, 1.165) is 25.9 Å². The number of rotatable bonds is 8. The Bertz CT molecular complexity index is 120. The Hall–Kier alpha value is -0.820. The van der Waals surface area contributed by atoms with Crippen LogP contribution < -0.4 is 5.32 Å². The molecule has 68 valence electrons. The van der Waals surface area contributed by atoms with Crippen LogP contribution in [0.3, 0.4) is 0 Å². The third kappa shape index (κ3) is 9.18. The lowest BCUT2D eigenvalue weighted by Crippen LogP contribution is -2.12. The van der Waals surface area contributed by atoms with Crippen LogP contribution in [-0.2, 0) is 0 Å². The zero-order valence-corrected chi connectivity index (χ0v) is 7.76. The molecule has 0 aliphatic heterocycles. The lowest BCUT2D eigenvalue weighted by Gasteiger charge is -1.93. The molecule has 0 rings (SSSR count). The molecular weight excluding hydrogens is 146 g/mol. The molecule has 12 heavy (non-hydrogen) atoms. The predicted molar refractivity (Wildman–Crippen MR) is 56.3 cm³/mol. The highest BCUT2D eigenvalue weighted by Crippen LogP contribution is 1.95. The highest BCUT2D eigenvalue weighted by Gasteiger charge is 1.79. The molecule has 0 atom stereocenters. The first kappa shape index (κ1) is 11.2. The Labute approximate surface area is 75.9 Å². The van der Waals surface area contributed by atoms with E-state index in [9.17, 15) is 0 Å². The summed E-state index contributed by atoms with van der Waals surface area (Å²) < 4.78 is 0. The van der Waals surface area contributed by atoms with Crippen LogP contribution in [0.1, 0.15) is 19.3 Å². The minimum Gasteiger partial charge on any atom is -0.310 e. The second kappa shape index (κ2) is 10.2. The number of hydrogen-bond donors (Lipinski definition) is 1. The summed E-state index contributed by atoms with van der Waals surface area (Å²) in [5, 5.41) is 3.20. The monoisotopic (exact) mass is 165 g/mol. The van der Waals surface area contributed by atoms with Gasteiger partial charge in [0.25, 0.3) is 0 Å². The highest BCUT2D eigenvalue weighted by atomic mass is 14.8. The van der Waals surface area contributed by atoms with Gasteiger partial charge in [0.05, 0.1) is 0 Å². The third-order valence-electron chi connectivity index (χ3n) is 1.50. The standard InChI is InChI=1S/C11H19N/c1-3-5-6-7-8-9-11-12-10-4-2/h3-4,8-9,12H,1-2,5-7,10-11H2/b9-8+. The van der Waals surface area contributed by atoms with Crippen molar-refractivity contribution in [3.63, 3.8) is 0 Å². The van der Waals surface area contributed by atoms with Crippen molar-refractivity contribution in [1.82, 2.24) is 5.32 Å². The molecule has 0 aromatic heterocycles. The molecule has 0 aromatic rings. The van der Waals surface area contributed by atoms with E-state index in [1.807, 2.05) is 12.2 Å². The maximum absolute atomic E-state index is 3.67. The average Bonchev–Trinajstić information content (AvgIpc) is 2.10. The van der Waals surface area contributed by atoms with Crippen molar-refractivity contribution in [2.75, 3.05) is 13.1 Å². The maximum atomic E-state index is 3.67. The first-order chi connectivity index (χ1) is 5.91. The Morgan fingerprint density at radius 1 is 0.917 bits per heavy atom. The van der Waals surface area contributed by atoms with Gasteiger partial charge in [-0.2, -0.15) is 0 Å². The van der Waals surface area contributed by atoms with E-state index < -0.39 is 0 Å². The van der Waals surface area contributed by atoms with Crippen LogP contribution in [0.15, 0.2) is 37.5 Å². The number of hydrogen-bond acceptors (Lipinski definition) is 1. The van der Waals surface area contributed by atoms with E-state index in [1.54, 1.807) is 0 Å². The average molecular weight is 165 g/mol. The fraction of sp³-hybridized carbons (Fsp3) is 0.455. The Morgan fingerprint density at radius 3 is 2.42 bits per heavy atom. The minimum atomic E-state index is 0.886. The Kier molecular flexibility index (Phi) is 9.48. The zero-order valence-electron chi connectivity index (χ0n) is 7.76. The van der Waals surface area contributed by atoms with Crippen LogP contribution in [0.5, 0.6) is 0 Å². The molecule has 0 amide bonds. The van der Waals surface area contributed by atoms with Crippen LogP contribution in [0, 0.1) is 0 Å². The first-order valence-corrected chi connectivity index (χ1v) is 4.49. The largest absolute Gasteiger partial charge is 0.310 e. The molecule has 1 heteroatoms. The molecule has 0 saturated carbocycles. The smallest absolute Gasteiger partial charge is 0.0137 e. The van der Waals surface area contributed by atoms with Crippen molar-refractivity contribution < 1.29 is 0 Å². The number of unbranched alkanes of at least 4 members (excludes halogenated alkanes) is 2. The molecule has 0 aliphatic carbocycles. The van der Waals surface area contributed by atoms with Gasteiger partial charge in [-0.25, -0.2) is 0 Å². The van der Waals surface area contributed by atoms with Crippen molar-refractivity contribution in [3.8, 4) is 0 Å². The lowest BCUT2D eigenvalue weighted by atomic mass is 10.2. The molecule has 0 aliphatic rings. The second-order valence-corrected chi connectivity index (χ2v) is 2.64. The summed E-state index contributed by atoms with van der Waals surface area (Å²) in [6.07, 6.45) is 11.7. The lowest BCUT2D eigenvalue weighted by molar-refractivity contribution is 0.829. The molecule has 0 radical (unpaired) electrons. The number of nitrogens with one attached hydrogen (secondary N) is 1. The van der Waals surface area contributed by atoms with Crippen molar-refractivity contribution in [1.29, 1.82) is 0 Å². The van der Waals surface area contributed by atoms with Gasteiger partial charge in [-0.3, -0.25) is 0 Å². The zero-order chi connectivity index (χ0) is 9.07. The third-order valence-corrected chi connectivity index (χ3v) is 1.50. The highest BCUT2D eigenvalue weighted by molar-refractivity contribution is 4.85. The van der Waals surface area contributed by atoms with Crippen molar-refractivity contribution in [2.45, 2.75) is 19.3 Å².